The van der Waals surface area contributed by atoms with Gasteiger partial charge in [-0.3, -0.25) is 0 Å². The van der Waals surface area contributed by atoms with Gasteiger partial charge in [-0.05, 0) is 6.42 Å². The van der Waals surface area contributed by atoms with Crippen LogP contribution in [0.2, 0.25) is 0 Å². The highest BCUT2D eigenvalue weighted by molar-refractivity contribution is 5.15. The van der Waals surface area contributed by atoms with E-state index in [9.17, 15) is 0 Å². The van der Waals surface area contributed by atoms with Crippen LogP contribution in [0.5, 0.6) is 5.95 Å². The highest BCUT2D eigenvalue weighted by Crippen LogP contribution is 2.18. The molecule has 0 saturated heterocycles. The summed E-state index contributed by atoms with van der Waals surface area (Å²) < 4.78 is 10.0. The van der Waals surface area contributed by atoms with Gasteiger partial charge in [-0.15, -0.1) is 0 Å². The second-order valence-corrected chi connectivity index (χ2v) is 2.02. The van der Waals surface area contributed by atoms with Crippen molar-refractivity contribution in [3.05, 3.63) is 11.6 Å². The first-order valence-electron chi connectivity index (χ1n) is 3.28. The van der Waals surface area contributed by atoms with E-state index in [1.165, 1.54) is 0 Å². The van der Waals surface area contributed by atoms with E-state index in [0.717, 1.165) is 12.1 Å². The molecule has 3 heteroatoms. The third kappa shape index (κ3) is 1.12. The maximum atomic E-state index is 5.12. The third-order valence-corrected chi connectivity index (χ3v) is 1.29. The molecule has 1 aromatic rings. The maximum absolute atomic E-state index is 5.12. The van der Waals surface area contributed by atoms with Gasteiger partial charge < -0.3 is 9.15 Å². The topological polar surface area (TPSA) is 35.3 Å². The lowest BCUT2D eigenvalue weighted by molar-refractivity contribution is 0.294. The fourth-order valence-electron chi connectivity index (χ4n) is 0.834. The van der Waals surface area contributed by atoms with E-state index >= 15 is 0 Å². The van der Waals surface area contributed by atoms with Crippen molar-refractivity contribution >= 4 is 0 Å². The molecule has 10 heavy (non-hydrogen) atoms. The van der Waals surface area contributed by atoms with Gasteiger partial charge >= 0.3 is 5.95 Å². The molecule has 0 aromatic carbocycles. The van der Waals surface area contributed by atoms with Gasteiger partial charge in [-0.25, -0.2) is 4.98 Å². The lowest BCUT2D eigenvalue weighted by atomic mass is 10.4. The predicted molar refractivity (Wildman–Crippen MR) is 37.2 cm³/mol. The minimum absolute atomic E-state index is 0.542. The Morgan fingerprint density at radius 3 is 2.70 bits per heavy atom. The quantitative estimate of drug-likeness (QED) is 0.626. The zero-order valence-corrected chi connectivity index (χ0v) is 6.47. The molecule has 1 rings (SSSR count). The predicted octanol–water partition coefficient (Wildman–Crippen LogP) is 1.55. The smallest absolute Gasteiger partial charge is 0.308 e. The number of methoxy groups -OCH3 is 1. The van der Waals surface area contributed by atoms with Gasteiger partial charge in [-0.1, -0.05) is 6.92 Å². The van der Waals surface area contributed by atoms with Crippen molar-refractivity contribution in [1.82, 2.24) is 4.98 Å². The molecule has 0 unspecified atom stereocenters. The minimum Gasteiger partial charge on any atom is -0.467 e. The summed E-state index contributed by atoms with van der Waals surface area (Å²) in [5.41, 5.74) is 0.889. The van der Waals surface area contributed by atoms with Gasteiger partial charge in [0, 0.05) is 6.92 Å². The fraction of sp³-hybridized carbons (Fsp3) is 0.571. The normalized spacial score (nSPS) is 9.90. The molecule has 3 nitrogen and oxygen atoms in total. The van der Waals surface area contributed by atoms with Crippen molar-refractivity contribution in [2.45, 2.75) is 20.3 Å². The molecule has 56 valence electrons. The standard InChI is InChI=1S/C7H11NO2/c1-4-6-7(9-3)10-5(2)8-6/h4H2,1-3H3. The largest absolute Gasteiger partial charge is 0.467 e. The lowest BCUT2D eigenvalue weighted by Crippen LogP contribution is -1.86. The van der Waals surface area contributed by atoms with E-state index in [0.29, 0.717) is 11.8 Å². The van der Waals surface area contributed by atoms with Gasteiger partial charge in [0.05, 0.1) is 7.11 Å². The maximum Gasteiger partial charge on any atom is 0.308 e. The fourth-order valence-corrected chi connectivity index (χ4v) is 0.834. The average Bonchev–Trinajstić information content (AvgIpc) is 2.30. The second-order valence-electron chi connectivity index (χ2n) is 2.02. The molecule has 0 fully saturated rings. The Morgan fingerprint density at radius 2 is 2.30 bits per heavy atom. The Bertz CT molecular complexity index is 196. The molecule has 0 aliphatic rings. The van der Waals surface area contributed by atoms with E-state index in [1.807, 2.05) is 13.8 Å². The summed E-state index contributed by atoms with van der Waals surface area (Å²) in [6, 6.07) is 0. The Morgan fingerprint density at radius 1 is 1.60 bits per heavy atom. The first-order chi connectivity index (χ1) is 4.77. The number of aryl methyl sites for hydroxylation is 2. The zero-order valence-electron chi connectivity index (χ0n) is 6.47. The number of rotatable bonds is 2. The molecular formula is C7H11NO2. The number of ether oxygens (including phenoxy) is 1. The zero-order chi connectivity index (χ0) is 7.56. The van der Waals surface area contributed by atoms with Crippen molar-refractivity contribution in [3.63, 3.8) is 0 Å². The van der Waals surface area contributed by atoms with Crippen LogP contribution in [0.3, 0.4) is 0 Å². The van der Waals surface area contributed by atoms with Gasteiger partial charge in [-0.2, -0.15) is 0 Å². The molecule has 0 bridgehead atoms. The van der Waals surface area contributed by atoms with Crippen molar-refractivity contribution in [3.8, 4) is 5.95 Å². The molecule has 0 N–H and O–H groups in total. The first kappa shape index (κ1) is 7.12. The highest BCUT2D eigenvalue weighted by Gasteiger charge is 2.07. The summed E-state index contributed by atoms with van der Waals surface area (Å²) in [5.74, 6) is 1.20. The van der Waals surface area contributed by atoms with Crippen molar-refractivity contribution in [2.24, 2.45) is 0 Å². The van der Waals surface area contributed by atoms with Crippen LogP contribution in [-0.2, 0) is 6.42 Å². The molecule has 0 aliphatic carbocycles. The van der Waals surface area contributed by atoms with E-state index < -0.39 is 0 Å². The molecule has 0 atom stereocenters. The second kappa shape index (κ2) is 2.73. The number of oxazole rings is 1. The first-order valence-corrected chi connectivity index (χ1v) is 3.28. The average molecular weight is 141 g/mol. The van der Waals surface area contributed by atoms with Crippen LogP contribution < -0.4 is 4.74 Å². The van der Waals surface area contributed by atoms with Gasteiger partial charge in [0.25, 0.3) is 0 Å². The van der Waals surface area contributed by atoms with E-state index in [1.54, 1.807) is 7.11 Å². The molecule has 0 aliphatic heterocycles. The molecule has 0 saturated carbocycles. The van der Waals surface area contributed by atoms with Crippen LogP contribution in [0.15, 0.2) is 4.42 Å². The van der Waals surface area contributed by atoms with Crippen LogP contribution in [0.25, 0.3) is 0 Å². The number of hydrogen-bond acceptors (Lipinski definition) is 3. The number of aromatic nitrogens is 1. The van der Waals surface area contributed by atoms with Crippen LogP contribution in [0, 0.1) is 6.92 Å². The monoisotopic (exact) mass is 141 g/mol. The third-order valence-electron chi connectivity index (χ3n) is 1.29. The molecule has 1 heterocycles. The SMILES string of the molecule is CCc1nc(C)oc1OC. The Kier molecular flexibility index (Phi) is 1.94. The summed E-state index contributed by atoms with van der Waals surface area (Å²) >= 11 is 0. The number of hydrogen-bond donors (Lipinski definition) is 0. The molecule has 0 amide bonds. The Balaban J connectivity index is 2.96. The Hall–Kier alpha value is -0.990. The van der Waals surface area contributed by atoms with Crippen molar-refractivity contribution < 1.29 is 9.15 Å². The van der Waals surface area contributed by atoms with E-state index in [4.69, 9.17) is 9.15 Å². The van der Waals surface area contributed by atoms with Gasteiger partial charge in [0.1, 0.15) is 5.69 Å². The molecule has 1 aromatic heterocycles. The number of nitrogens with zero attached hydrogens (tertiary/aromatic N) is 1. The summed E-state index contributed by atoms with van der Waals surface area (Å²) in [5, 5.41) is 0. The van der Waals surface area contributed by atoms with E-state index in [-0.39, 0.29) is 0 Å². The van der Waals surface area contributed by atoms with Gasteiger partial charge in [0.2, 0.25) is 0 Å². The van der Waals surface area contributed by atoms with Gasteiger partial charge in [0.15, 0.2) is 5.89 Å². The Labute approximate surface area is 60.0 Å². The highest BCUT2D eigenvalue weighted by atomic mass is 16.6. The molecule has 0 radical (unpaired) electrons. The summed E-state index contributed by atoms with van der Waals surface area (Å²) in [4.78, 5) is 4.11. The van der Waals surface area contributed by atoms with Crippen LogP contribution in [-0.4, -0.2) is 12.1 Å². The van der Waals surface area contributed by atoms with E-state index in [2.05, 4.69) is 4.98 Å². The molecular weight excluding hydrogens is 130 g/mol. The molecule has 0 spiro atoms. The minimum atomic E-state index is 0.542. The van der Waals surface area contributed by atoms with Crippen molar-refractivity contribution in [1.29, 1.82) is 0 Å². The summed E-state index contributed by atoms with van der Waals surface area (Å²) in [6.07, 6.45) is 0.848. The summed E-state index contributed by atoms with van der Waals surface area (Å²) in [7, 11) is 1.58. The van der Waals surface area contributed by atoms with Crippen LogP contribution in [0.4, 0.5) is 0 Å². The van der Waals surface area contributed by atoms with Crippen LogP contribution >= 0.6 is 0 Å². The van der Waals surface area contributed by atoms with Crippen LogP contribution in [0.1, 0.15) is 18.5 Å². The summed E-state index contributed by atoms with van der Waals surface area (Å²) in [6.45, 7) is 3.82. The lowest BCUT2D eigenvalue weighted by Gasteiger charge is -1.92. The van der Waals surface area contributed by atoms with Crippen molar-refractivity contribution in [2.75, 3.05) is 7.11 Å².